The molecular formula is C12H13ClF3NO4. The van der Waals surface area contributed by atoms with Crippen molar-refractivity contribution in [3.63, 3.8) is 0 Å². The van der Waals surface area contributed by atoms with E-state index in [4.69, 9.17) is 21.1 Å². The summed E-state index contributed by atoms with van der Waals surface area (Å²) in [4.78, 5) is 15.3. The number of hydrogen-bond acceptors (Lipinski definition) is 5. The van der Waals surface area contributed by atoms with Gasteiger partial charge in [-0.15, -0.1) is 24.8 Å². The standard InChI is InChI=1S/C12H13ClF3NO4/c1-3-20-10(18)5-7-4-9(19-2)17-8(6-13)11(7)21-12(14,15)16/h4H,3,5-6H2,1-2H3. The first-order chi connectivity index (χ1) is 9.80. The van der Waals surface area contributed by atoms with E-state index in [0.717, 1.165) is 0 Å². The molecule has 0 aliphatic carbocycles. The smallest absolute Gasteiger partial charge is 0.481 e. The normalized spacial score (nSPS) is 11.1. The zero-order chi connectivity index (χ0) is 16.0. The largest absolute Gasteiger partial charge is 0.573 e. The molecule has 5 nitrogen and oxygen atoms in total. The molecule has 0 atom stereocenters. The summed E-state index contributed by atoms with van der Waals surface area (Å²) in [5.41, 5.74) is -0.235. The Hall–Kier alpha value is -1.70. The number of halogens is 4. The minimum Gasteiger partial charge on any atom is -0.481 e. The highest BCUT2D eigenvalue weighted by atomic mass is 35.5. The summed E-state index contributed by atoms with van der Waals surface area (Å²) in [6.45, 7) is 1.70. The van der Waals surface area contributed by atoms with Gasteiger partial charge in [0, 0.05) is 11.6 Å². The van der Waals surface area contributed by atoms with E-state index in [1.165, 1.54) is 13.2 Å². The molecule has 0 aliphatic heterocycles. The van der Waals surface area contributed by atoms with E-state index in [2.05, 4.69) is 9.72 Å². The first-order valence-corrected chi connectivity index (χ1v) is 6.38. The van der Waals surface area contributed by atoms with Crippen molar-refractivity contribution in [2.24, 2.45) is 0 Å². The lowest BCUT2D eigenvalue weighted by Gasteiger charge is -2.16. The number of pyridine rings is 1. The number of esters is 1. The zero-order valence-electron chi connectivity index (χ0n) is 11.3. The highest BCUT2D eigenvalue weighted by Gasteiger charge is 2.34. The fourth-order valence-electron chi connectivity index (χ4n) is 1.55. The second kappa shape index (κ2) is 7.35. The summed E-state index contributed by atoms with van der Waals surface area (Å²) in [7, 11) is 1.29. The number of nitrogens with zero attached hydrogens (tertiary/aromatic N) is 1. The Morgan fingerprint density at radius 2 is 2.10 bits per heavy atom. The molecule has 0 saturated carbocycles. The van der Waals surface area contributed by atoms with Gasteiger partial charge in [-0.05, 0) is 6.92 Å². The summed E-state index contributed by atoms with van der Waals surface area (Å²) in [6, 6.07) is 1.17. The van der Waals surface area contributed by atoms with E-state index in [9.17, 15) is 18.0 Å². The number of ether oxygens (including phenoxy) is 3. The number of rotatable bonds is 6. The van der Waals surface area contributed by atoms with Crippen LogP contribution in [0.15, 0.2) is 6.07 Å². The SMILES string of the molecule is CCOC(=O)Cc1cc(OC)nc(CCl)c1OC(F)(F)F. The number of aromatic nitrogens is 1. The lowest BCUT2D eigenvalue weighted by Crippen LogP contribution is -2.21. The number of carbonyl (C=O) groups excluding carboxylic acids is 1. The van der Waals surface area contributed by atoms with Crippen LogP contribution in [0.5, 0.6) is 11.6 Å². The molecule has 1 heterocycles. The molecule has 21 heavy (non-hydrogen) atoms. The zero-order valence-corrected chi connectivity index (χ0v) is 12.0. The molecule has 118 valence electrons. The van der Waals surface area contributed by atoms with Crippen LogP contribution in [-0.2, 0) is 21.8 Å². The number of hydrogen-bond donors (Lipinski definition) is 0. The molecule has 0 saturated heterocycles. The van der Waals surface area contributed by atoms with Crippen molar-refractivity contribution in [3.8, 4) is 11.6 Å². The van der Waals surface area contributed by atoms with Gasteiger partial charge in [-0.3, -0.25) is 4.79 Å². The molecule has 0 bridgehead atoms. The summed E-state index contributed by atoms with van der Waals surface area (Å²) >= 11 is 5.58. The molecule has 1 aromatic heterocycles. The predicted octanol–water partition coefficient (Wildman–Crippen LogP) is 2.83. The van der Waals surface area contributed by atoms with E-state index in [1.54, 1.807) is 6.92 Å². The van der Waals surface area contributed by atoms with Gasteiger partial charge in [0.1, 0.15) is 5.69 Å². The van der Waals surface area contributed by atoms with Crippen molar-refractivity contribution in [2.45, 2.75) is 25.6 Å². The fourth-order valence-corrected chi connectivity index (χ4v) is 1.73. The topological polar surface area (TPSA) is 57.7 Å². The van der Waals surface area contributed by atoms with E-state index in [-0.39, 0.29) is 29.6 Å². The van der Waals surface area contributed by atoms with Crippen molar-refractivity contribution in [1.82, 2.24) is 4.98 Å². The van der Waals surface area contributed by atoms with Gasteiger partial charge in [0.05, 0.1) is 26.0 Å². The van der Waals surface area contributed by atoms with Gasteiger partial charge in [0.25, 0.3) is 0 Å². The Kier molecular flexibility index (Phi) is 6.07. The van der Waals surface area contributed by atoms with E-state index in [0.29, 0.717) is 0 Å². The third-order valence-electron chi connectivity index (χ3n) is 2.29. The second-order valence-corrected chi connectivity index (χ2v) is 4.03. The van der Waals surface area contributed by atoms with Crippen LogP contribution in [0.25, 0.3) is 0 Å². The summed E-state index contributed by atoms with van der Waals surface area (Å²) < 4.78 is 50.9. The quantitative estimate of drug-likeness (QED) is 0.594. The third kappa shape index (κ3) is 5.30. The van der Waals surface area contributed by atoms with Crippen molar-refractivity contribution < 1.29 is 32.2 Å². The minimum absolute atomic E-state index is 0.0273. The Morgan fingerprint density at radius 1 is 1.43 bits per heavy atom. The van der Waals surface area contributed by atoms with E-state index < -0.39 is 24.5 Å². The molecule has 0 fully saturated rings. The van der Waals surface area contributed by atoms with Crippen LogP contribution < -0.4 is 9.47 Å². The van der Waals surface area contributed by atoms with Gasteiger partial charge in [-0.2, -0.15) is 0 Å². The fraction of sp³-hybridized carbons (Fsp3) is 0.500. The third-order valence-corrected chi connectivity index (χ3v) is 2.54. The molecule has 9 heteroatoms. The molecule has 0 aliphatic rings. The summed E-state index contributed by atoms with van der Waals surface area (Å²) in [5.74, 6) is -1.61. The van der Waals surface area contributed by atoms with Crippen molar-refractivity contribution >= 4 is 17.6 Å². The summed E-state index contributed by atoms with van der Waals surface area (Å²) in [5, 5.41) is 0. The van der Waals surface area contributed by atoms with Crippen LogP contribution in [0.1, 0.15) is 18.2 Å². The van der Waals surface area contributed by atoms with Gasteiger partial charge < -0.3 is 14.2 Å². The van der Waals surface area contributed by atoms with Gasteiger partial charge in [-0.25, -0.2) is 4.98 Å². The van der Waals surface area contributed by atoms with Crippen LogP contribution >= 0.6 is 11.6 Å². The van der Waals surface area contributed by atoms with Gasteiger partial charge in [0.2, 0.25) is 5.88 Å². The van der Waals surface area contributed by atoms with Gasteiger partial charge >= 0.3 is 12.3 Å². The maximum absolute atomic E-state index is 12.5. The van der Waals surface area contributed by atoms with Crippen LogP contribution in [0, 0.1) is 0 Å². The van der Waals surface area contributed by atoms with Gasteiger partial charge in [0.15, 0.2) is 5.75 Å². The molecule has 0 unspecified atom stereocenters. The lowest BCUT2D eigenvalue weighted by atomic mass is 10.1. The molecule has 0 radical (unpaired) electrons. The summed E-state index contributed by atoms with van der Waals surface area (Å²) in [6.07, 6.45) is -5.34. The second-order valence-electron chi connectivity index (χ2n) is 3.76. The van der Waals surface area contributed by atoms with Crippen molar-refractivity contribution in [2.75, 3.05) is 13.7 Å². The highest BCUT2D eigenvalue weighted by molar-refractivity contribution is 6.17. The van der Waals surface area contributed by atoms with Crippen LogP contribution in [0.3, 0.4) is 0 Å². The Balaban J connectivity index is 3.24. The Morgan fingerprint density at radius 3 is 2.57 bits per heavy atom. The van der Waals surface area contributed by atoms with E-state index >= 15 is 0 Å². The monoisotopic (exact) mass is 327 g/mol. The van der Waals surface area contributed by atoms with Crippen molar-refractivity contribution in [1.29, 1.82) is 0 Å². The predicted molar refractivity (Wildman–Crippen MR) is 67.4 cm³/mol. The maximum Gasteiger partial charge on any atom is 0.573 e. The van der Waals surface area contributed by atoms with Crippen molar-refractivity contribution in [3.05, 3.63) is 17.3 Å². The van der Waals surface area contributed by atoms with Crippen LogP contribution in [0.2, 0.25) is 0 Å². The van der Waals surface area contributed by atoms with E-state index in [1.807, 2.05) is 0 Å². The van der Waals surface area contributed by atoms with Crippen LogP contribution in [-0.4, -0.2) is 31.0 Å². The van der Waals surface area contributed by atoms with Crippen LogP contribution in [0.4, 0.5) is 13.2 Å². The highest BCUT2D eigenvalue weighted by Crippen LogP contribution is 2.33. The maximum atomic E-state index is 12.5. The molecule has 0 amide bonds. The average Bonchev–Trinajstić information content (AvgIpc) is 2.39. The lowest BCUT2D eigenvalue weighted by molar-refractivity contribution is -0.275. The average molecular weight is 328 g/mol. The number of carbonyl (C=O) groups is 1. The number of alkyl halides is 4. The molecular weight excluding hydrogens is 315 g/mol. The first kappa shape index (κ1) is 17.4. The Labute approximate surface area is 124 Å². The molecule has 0 aromatic carbocycles. The first-order valence-electron chi connectivity index (χ1n) is 5.84. The Bertz CT molecular complexity index is 508. The minimum atomic E-state index is -4.93. The number of methoxy groups -OCH3 is 1. The van der Waals surface area contributed by atoms with Gasteiger partial charge in [-0.1, -0.05) is 0 Å². The molecule has 1 aromatic rings. The molecule has 0 spiro atoms. The molecule has 0 N–H and O–H groups in total. The molecule has 1 rings (SSSR count).